The molecule has 0 aliphatic heterocycles. The van der Waals surface area contributed by atoms with Crippen LogP contribution in [0.15, 0.2) is 11.0 Å². The van der Waals surface area contributed by atoms with Gasteiger partial charge in [-0.15, -0.1) is 0 Å². The minimum atomic E-state index is -0.368. The zero-order valence-corrected chi connectivity index (χ0v) is 3.93. The van der Waals surface area contributed by atoms with Crippen LogP contribution in [0.5, 0.6) is 0 Å². The average molecular weight is 109 g/mol. The molecule has 4 heteroatoms. The van der Waals surface area contributed by atoms with Crippen LogP contribution in [0.1, 0.15) is 5.56 Å². The van der Waals surface area contributed by atoms with Crippen molar-refractivity contribution >= 4 is 0 Å². The number of aromatic nitrogens is 2. The van der Waals surface area contributed by atoms with Crippen molar-refractivity contribution in [2.24, 2.45) is 0 Å². The monoisotopic (exact) mass is 109 g/mol. The summed E-state index contributed by atoms with van der Waals surface area (Å²) in [6, 6.07) is 1.70. The van der Waals surface area contributed by atoms with Crippen molar-refractivity contribution in [2.45, 2.75) is 0 Å². The standard InChI is InChI=1S/C4H3N3O/c5-1-3-2-6-7-4(3)8/h2H,(H2,6,7,8). The van der Waals surface area contributed by atoms with E-state index in [1.165, 1.54) is 6.20 Å². The Morgan fingerprint density at radius 3 is 2.75 bits per heavy atom. The Labute approximate surface area is 44.7 Å². The first kappa shape index (κ1) is 4.65. The van der Waals surface area contributed by atoms with Gasteiger partial charge in [0.15, 0.2) is 0 Å². The number of hydrogen-bond donors (Lipinski definition) is 2. The SMILES string of the molecule is N#Cc1c[nH][nH]c1=O. The topological polar surface area (TPSA) is 72.4 Å². The van der Waals surface area contributed by atoms with E-state index in [1.807, 2.05) is 0 Å². The lowest BCUT2D eigenvalue weighted by Gasteiger charge is -1.60. The van der Waals surface area contributed by atoms with E-state index in [0.717, 1.165) is 0 Å². The summed E-state index contributed by atoms with van der Waals surface area (Å²) in [7, 11) is 0. The van der Waals surface area contributed by atoms with E-state index < -0.39 is 0 Å². The van der Waals surface area contributed by atoms with E-state index in [9.17, 15) is 4.79 Å². The molecule has 0 saturated carbocycles. The van der Waals surface area contributed by atoms with Gasteiger partial charge in [-0.1, -0.05) is 0 Å². The fourth-order valence-electron chi connectivity index (χ4n) is 0.390. The molecule has 0 spiro atoms. The van der Waals surface area contributed by atoms with Crippen LogP contribution in [0, 0.1) is 11.3 Å². The normalized spacial score (nSPS) is 8.38. The summed E-state index contributed by atoms with van der Waals surface area (Å²) in [6.45, 7) is 0. The number of nitriles is 1. The fourth-order valence-corrected chi connectivity index (χ4v) is 0.390. The molecule has 0 radical (unpaired) electrons. The molecular formula is C4H3N3O. The Morgan fingerprint density at radius 1 is 1.75 bits per heavy atom. The predicted molar refractivity (Wildman–Crippen MR) is 26.1 cm³/mol. The van der Waals surface area contributed by atoms with E-state index >= 15 is 0 Å². The molecule has 0 aliphatic rings. The molecule has 4 nitrogen and oxygen atoms in total. The van der Waals surface area contributed by atoms with Gasteiger partial charge in [-0.3, -0.25) is 9.89 Å². The number of nitrogens with zero attached hydrogens (tertiary/aromatic N) is 1. The molecule has 0 fully saturated rings. The Balaban J connectivity index is 3.37. The molecule has 1 rings (SSSR count). The van der Waals surface area contributed by atoms with Crippen molar-refractivity contribution in [3.63, 3.8) is 0 Å². The quantitative estimate of drug-likeness (QED) is 0.474. The summed E-state index contributed by atoms with van der Waals surface area (Å²) >= 11 is 0. The summed E-state index contributed by atoms with van der Waals surface area (Å²) in [5.74, 6) is 0. The number of H-pyrrole nitrogens is 2. The van der Waals surface area contributed by atoms with Gasteiger partial charge in [-0.25, -0.2) is 0 Å². The van der Waals surface area contributed by atoms with Gasteiger partial charge in [0.05, 0.1) is 0 Å². The van der Waals surface area contributed by atoms with Crippen LogP contribution >= 0.6 is 0 Å². The van der Waals surface area contributed by atoms with Crippen LogP contribution in [0.25, 0.3) is 0 Å². The van der Waals surface area contributed by atoms with Crippen LogP contribution < -0.4 is 5.56 Å². The third-order valence-electron chi connectivity index (χ3n) is 0.767. The zero-order chi connectivity index (χ0) is 5.98. The van der Waals surface area contributed by atoms with Gasteiger partial charge in [-0.05, 0) is 0 Å². The molecule has 8 heavy (non-hydrogen) atoms. The van der Waals surface area contributed by atoms with Crippen LogP contribution in [0.3, 0.4) is 0 Å². The number of aromatic amines is 2. The van der Waals surface area contributed by atoms with Crippen LogP contribution in [0.2, 0.25) is 0 Å². The second-order valence-electron chi connectivity index (χ2n) is 1.27. The molecule has 1 aromatic rings. The number of hydrogen-bond acceptors (Lipinski definition) is 2. The van der Waals surface area contributed by atoms with Gasteiger partial charge in [0.2, 0.25) is 0 Å². The lowest BCUT2D eigenvalue weighted by atomic mass is 10.4. The van der Waals surface area contributed by atoms with Crippen LogP contribution in [-0.2, 0) is 0 Å². The maximum atomic E-state index is 10.3. The molecule has 1 aromatic heterocycles. The molecule has 0 aliphatic carbocycles. The summed E-state index contributed by atoms with van der Waals surface area (Å²) in [5.41, 5.74) is -0.252. The summed E-state index contributed by atoms with van der Waals surface area (Å²) in [5, 5.41) is 12.7. The van der Waals surface area contributed by atoms with Crippen molar-refractivity contribution < 1.29 is 0 Å². The van der Waals surface area contributed by atoms with Gasteiger partial charge in [0, 0.05) is 6.20 Å². The molecule has 40 valence electrons. The number of rotatable bonds is 0. The summed E-state index contributed by atoms with van der Waals surface area (Å²) < 4.78 is 0. The predicted octanol–water partition coefficient (Wildman–Crippen LogP) is -0.425. The Bertz CT molecular complexity index is 263. The van der Waals surface area contributed by atoms with Crippen molar-refractivity contribution in [1.29, 1.82) is 5.26 Å². The Morgan fingerprint density at radius 2 is 2.50 bits per heavy atom. The maximum Gasteiger partial charge on any atom is 0.281 e. The Kier molecular flexibility index (Phi) is 0.897. The summed E-state index contributed by atoms with van der Waals surface area (Å²) in [4.78, 5) is 10.3. The third kappa shape index (κ3) is 0.500. The fraction of sp³-hybridized carbons (Fsp3) is 0. The third-order valence-corrected chi connectivity index (χ3v) is 0.767. The number of nitrogens with one attached hydrogen (secondary N) is 2. The van der Waals surface area contributed by atoms with Crippen LogP contribution in [-0.4, -0.2) is 10.2 Å². The van der Waals surface area contributed by atoms with E-state index in [1.54, 1.807) is 6.07 Å². The first-order valence-corrected chi connectivity index (χ1v) is 2.01. The van der Waals surface area contributed by atoms with Crippen molar-refractivity contribution in [1.82, 2.24) is 10.2 Å². The largest absolute Gasteiger partial charge is 0.304 e. The van der Waals surface area contributed by atoms with Gasteiger partial charge in [0.1, 0.15) is 11.6 Å². The lowest BCUT2D eigenvalue weighted by molar-refractivity contribution is 1.06. The highest BCUT2D eigenvalue weighted by atomic mass is 16.1. The second kappa shape index (κ2) is 1.54. The molecule has 0 bridgehead atoms. The van der Waals surface area contributed by atoms with Crippen molar-refractivity contribution in [3.05, 3.63) is 22.1 Å². The van der Waals surface area contributed by atoms with Crippen molar-refractivity contribution in [3.8, 4) is 6.07 Å². The molecule has 2 N–H and O–H groups in total. The average Bonchev–Trinajstić information content (AvgIpc) is 2.14. The summed E-state index contributed by atoms with van der Waals surface area (Å²) in [6.07, 6.45) is 1.32. The first-order valence-electron chi connectivity index (χ1n) is 2.01. The van der Waals surface area contributed by atoms with Gasteiger partial charge < -0.3 is 5.10 Å². The first-order chi connectivity index (χ1) is 3.84. The van der Waals surface area contributed by atoms with Crippen LogP contribution in [0.4, 0.5) is 0 Å². The minimum Gasteiger partial charge on any atom is -0.304 e. The minimum absolute atomic E-state index is 0.116. The second-order valence-corrected chi connectivity index (χ2v) is 1.27. The van der Waals surface area contributed by atoms with E-state index in [0.29, 0.717) is 0 Å². The molecule has 0 unspecified atom stereocenters. The Hall–Kier alpha value is -1.50. The molecular weight excluding hydrogens is 106 g/mol. The highest BCUT2D eigenvalue weighted by Gasteiger charge is 1.93. The van der Waals surface area contributed by atoms with E-state index in [-0.39, 0.29) is 11.1 Å². The molecule has 0 atom stereocenters. The highest BCUT2D eigenvalue weighted by Crippen LogP contribution is 1.77. The molecule has 1 heterocycles. The molecule has 0 aromatic carbocycles. The molecule has 0 saturated heterocycles. The van der Waals surface area contributed by atoms with E-state index in [4.69, 9.17) is 5.26 Å². The molecule has 0 amide bonds. The lowest BCUT2D eigenvalue weighted by Crippen LogP contribution is -2.00. The van der Waals surface area contributed by atoms with Gasteiger partial charge >= 0.3 is 0 Å². The van der Waals surface area contributed by atoms with Gasteiger partial charge in [-0.2, -0.15) is 5.26 Å². The smallest absolute Gasteiger partial charge is 0.281 e. The highest BCUT2D eigenvalue weighted by molar-refractivity contribution is 5.20. The van der Waals surface area contributed by atoms with Gasteiger partial charge in [0.25, 0.3) is 5.56 Å². The maximum absolute atomic E-state index is 10.3. The zero-order valence-electron chi connectivity index (χ0n) is 3.93. The van der Waals surface area contributed by atoms with E-state index in [2.05, 4.69) is 10.2 Å². The van der Waals surface area contributed by atoms with Crippen molar-refractivity contribution in [2.75, 3.05) is 0 Å².